The van der Waals surface area contributed by atoms with Crippen molar-refractivity contribution in [1.29, 1.82) is 0 Å². The second-order valence-corrected chi connectivity index (χ2v) is 3.34. The van der Waals surface area contributed by atoms with Crippen molar-refractivity contribution in [3.05, 3.63) is 41.8 Å². The summed E-state index contributed by atoms with van der Waals surface area (Å²) in [6, 6.07) is 5.59. The Balaban J connectivity index is 2.43. The van der Waals surface area contributed by atoms with Crippen LogP contribution < -0.4 is 11.3 Å². The predicted molar refractivity (Wildman–Crippen MR) is 60.3 cm³/mol. The number of hydrogen-bond donors (Lipinski definition) is 2. The largest absolute Gasteiger partial charge is 0.307 e. The number of nitrogen functional groups attached to an aromatic ring is 1. The fraction of sp³-hybridized carbons (Fsp3) is 0. The van der Waals surface area contributed by atoms with Gasteiger partial charge in [-0.05, 0) is 23.8 Å². The number of aromatic nitrogens is 2. The van der Waals surface area contributed by atoms with Crippen LogP contribution in [0, 0.1) is 0 Å². The molecule has 2 heterocycles. The van der Waals surface area contributed by atoms with E-state index in [1.54, 1.807) is 24.7 Å². The standard InChI is InChI=1S/C10H9ClN4/c11-9-5-8(6-14-10(9)15-12)7-1-3-13-4-2-7/h1-6H,12H2,(H,14,15). The Morgan fingerprint density at radius 1 is 1.20 bits per heavy atom. The van der Waals surface area contributed by atoms with Crippen LogP contribution in [0.4, 0.5) is 5.82 Å². The zero-order chi connectivity index (χ0) is 10.7. The van der Waals surface area contributed by atoms with Crippen molar-refractivity contribution in [3.63, 3.8) is 0 Å². The first kappa shape index (κ1) is 9.89. The monoisotopic (exact) mass is 220 g/mol. The van der Waals surface area contributed by atoms with E-state index in [0.717, 1.165) is 11.1 Å². The van der Waals surface area contributed by atoms with Crippen molar-refractivity contribution in [2.75, 3.05) is 5.43 Å². The van der Waals surface area contributed by atoms with E-state index in [1.165, 1.54) is 0 Å². The summed E-state index contributed by atoms with van der Waals surface area (Å²) < 4.78 is 0. The normalized spacial score (nSPS) is 10.0. The third kappa shape index (κ3) is 2.06. The van der Waals surface area contributed by atoms with Gasteiger partial charge < -0.3 is 5.43 Å². The smallest absolute Gasteiger partial charge is 0.158 e. The van der Waals surface area contributed by atoms with Crippen LogP contribution >= 0.6 is 11.6 Å². The maximum atomic E-state index is 5.96. The molecule has 2 rings (SSSR count). The highest BCUT2D eigenvalue weighted by atomic mass is 35.5. The van der Waals surface area contributed by atoms with E-state index in [1.807, 2.05) is 12.1 Å². The Morgan fingerprint density at radius 2 is 1.93 bits per heavy atom. The number of halogens is 1. The summed E-state index contributed by atoms with van der Waals surface area (Å²) in [5, 5.41) is 0.492. The van der Waals surface area contributed by atoms with E-state index < -0.39 is 0 Å². The summed E-state index contributed by atoms with van der Waals surface area (Å²) >= 11 is 5.96. The van der Waals surface area contributed by atoms with Gasteiger partial charge >= 0.3 is 0 Å². The second kappa shape index (κ2) is 4.25. The summed E-state index contributed by atoms with van der Waals surface area (Å²) in [7, 11) is 0. The second-order valence-electron chi connectivity index (χ2n) is 2.93. The van der Waals surface area contributed by atoms with E-state index in [-0.39, 0.29) is 0 Å². The third-order valence-electron chi connectivity index (χ3n) is 1.99. The van der Waals surface area contributed by atoms with Crippen LogP contribution in [0.15, 0.2) is 36.8 Å². The molecule has 4 nitrogen and oxygen atoms in total. The molecule has 0 saturated carbocycles. The molecule has 0 fully saturated rings. The summed E-state index contributed by atoms with van der Waals surface area (Å²) in [6.45, 7) is 0. The quantitative estimate of drug-likeness (QED) is 0.601. The number of pyridine rings is 2. The van der Waals surface area contributed by atoms with Crippen LogP contribution in [0.2, 0.25) is 5.02 Å². The molecular weight excluding hydrogens is 212 g/mol. The zero-order valence-electron chi connectivity index (χ0n) is 7.81. The van der Waals surface area contributed by atoms with Crippen molar-refractivity contribution in [3.8, 4) is 11.1 Å². The Hall–Kier alpha value is -1.65. The van der Waals surface area contributed by atoms with Gasteiger partial charge in [0.25, 0.3) is 0 Å². The Bertz CT molecular complexity index is 458. The van der Waals surface area contributed by atoms with Gasteiger partial charge in [0.05, 0.1) is 5.02 Å². The first-order valence-corrected chi connectivity index (χ1v) is 4.71. The molecule has 0 bridgehead atoms. The number of rotatable bonds is 2. The first-order valence-electron chi connectivity index (χ1n) is 4.34. The van der Waals surface area contributed by atoms with Crippen LogP contribution in [0.1, 0.15) is 0 Å². The molecule has 0 radical (unpaired) electrons. The summed E-state index contributed by atoms with van der Waals surface area (Å²) in [5.74, 6) is 5.70. The van der Waals surface area contributed by atoms with E-state index in [9.17, 15) is 0 Å². The van der Waals surface area contributed by atoms with Crippen LogP contribution in [-0.2, 0) is 0 Å². The summed E-state index contributed by atoms with van der Waals surface area (Å²) in [4.78, 5) is 8.03. The lowest BCUT2D eigenvalue weighted by molar-refractivity contribution is 1.23. The molecule has 3 N–H and O–H groups in total. The van der Waals surface area contributed by atoms with Gasteiger partial charge in [-0.15, -0.1) is 0 Å². The maximum Gasteiger partial charge on any atom is 0.158 e. The van der Waals surface area contributed by atoms with Crippen LogP contribution in [0.3, 0.4) is 0 Å². The fourth-order valence-corrected chi connectivity index (χ4v) is 1.47. The lowest BCUT2D eigenvalue weighted by atomic mass is 10.1. The molecule has 0 aromatic carbocycles. The number of nitrogens with two attached hydrogens (primary N) is 1. The van der Waals surface area contributed by atoms with Gasteiger partial charge in [-0.25, -0.2) is 10.8 Å². The molecule has 0 aliphatic rings. The minimum absolute atomic E-state index is 0.467. The average molecular weight is 221 g/mol. The number of hydrazine groups is 1. The van der Waals surface area contributed by atoms with Gasteiger partial charge in [-0.2, -0.15) is 0 Å². The van der Waals surface area contributed by atoms with Crippen molar-refractivity contribution in [2.24, 2.45) is 5.84 Å². The fourth-order valence-electron chi connectivity index (χ4n) is 1.25. The number of anilines is 1. The molecule has 0 spiro atoms. The molecule has 2 aromatic rings. The Kier molecular flexibility index (Phi) is 2.80. The highest BCUT2D eigenvalue weighted by Gasteiger charge is 2.03. The highest BCUT2D eigenvalue weighted by Crippen LogP contribution is 2.25. The minimum atomic E-state index is 0.467. The summed E-state index contributed by atoms with van der Waals surface area (Å²) in [6.07, 6.45) is 5.15. The number of nitrogens with zero attached hydrogens (tertiary/aromatic N) is 2. The van der Waals surface area contributed by atoms with Gasteiger partial charge in [0.2, 0.25) is 0 Å². The molecule has 0 saturated heterocycles. The van der Waals surface area contributed by atoms with Gasteiger partial charge in [0.15, 0.2) is 5.82 Å². The van der Waals surface area contributed by atoms with Crippen LogP contribution in [0.5, 0.6) is 0 Å². The zero-order valence-corrected chi connectivity index (χ0v) is 8.57. The molecule has 2 aromatic heterocycles. The van der Waals surface area contributed by atoms with Gasteiger partial charge in [-0.3, -0.25) is 4.98 Å². The predicted octanol–water partition coefficient (Wildman–Crippen LogP) is 2.08. The molecule has 0 aliphatic heterocycles. The van der Waals surface area contributed by atoms with Gasteiger partial charge in [-0.1, -0.05) is 11.6 Å². The Morgan fingerprint density at radius 3 is 2.53 bits per heavy atom. The third-order valence-corrected chi connectivity index (χ3v) is 2.28. The van der Waals surface area contributed by atoms with E-state index in [0.29, 0.717) is 10.8 Å². The molecule has 0 aliphatic carbocycles. The molecular formula is C10H9ClN4. The first-order chi connectivity index (χ1) is 7.31. The van der Waals surface area contributed by atoms with Gasteiger partial charge in [0, 0.05) is 24.2 Å². The van der Waals surface area contributed by atoms with Crippen LogP contribution in [-0.4, -0.2) is 9.97 Å². The van der Waals surface area contributed by atoms with Crippen LogP contribution in [0.25, 0.3) is 11.1 Å². The molecule has 5 heteroatoms. The minimum Gasteiger partial charge on any atom is -0.307 e. The van der Waals surface area contributed by atoms with E-state index in [2.05, 4.69) is 15.4 Å². The number of hydrogen-bond acceptors (Lipinski definition) is 4. The van der Waals surface area contributed by atoms with Crippen molar-refractivity contribution in [2.45, 2.75) is 0 Å². The molecule has 76 valence electrons. The van der Waals surface area contributed by atoms with Crippen molar-refractivity contribution < 1.29 is 0 Å². The highest BCUT2D eigenvalue weighted by molar-refractivity contribution is 6.33. The SMILES string of the molecule is NNc1ncc(-c2ccncc2)cc1Cl. The topological polar surface area (TPSA) is 63.8 Å². The van der Waals surface area contributed by atoms with Crippen molar-refractivity contribution in [1.82, 2.24) is 9.97 Å². The Labute approximate surface area is 92.1 Å². The molecule has 0 unspecified atom stereocenters. The van der Waals surface area contributed by atoms with Crippen molar-refractivity contribution >= 4 is 17.4 Å². The number of nitrogens with one attached hydrogen (secondary N) is 1. The maximum absolute atomic E-state index is 5.96. The lowest BCUT2D eigenvalue weighted by Gasteiger charge is -2.05. The van der Waals surface area contributed by atoms with Gasteiger partial charge in [0.1, 0.15) is 0 Å². The lowest BCUT2D eigenvalue weighted by Crippen LogP contribution is -2.08. The molecule has 15 heavy (non-hydrogen) atoms. The summed E-state index contributed by atoms with van der Waals surface area (Å²) in [5.41, 5.74) is 4.37. The van der Waals surface area contributed by atoms with E-state index >= 15 is 0 Å². The average Bonchev–Trinajstić information content (AvgIpc) is 2.30. The molecule has 0 atom stereocenters. The van der Waals surface area contributed by atoms with E-state index in [4.69, 9.17) is 17.4 Å². The molecule has 0 amide bonds.